The second-order valence-corrected chi connectivity index (χ2v) is 6.13. The van der Waals surface area contributed by atoms with Gasteiger partial charge in [-0.05, 0) is 59.1 Å². The van der Waals surface area contributed by atoms with Gasteiger partial charge in [-0.3, -0.25) is 4.79 Å². The van der Waals surface area contributed by atoms with Crippen molar-refractivity contribution in [1.29, 1.82) is 5.26 Å². The minimum Gasteiger partial charge on any atom is -0.493 e. The van der Waals surface area contributed by atoms with Crippen molar-refractivity contribution < 1.29 is 18.7 Å². The van der Waals surface area contributed by atoms with E-state index in [1.807, 2.05) is 13.0 Å². The van der Waals surface area contributed by atoms with E-state index in [1.54, 1.807) is 32.2 Å². The molecular weight excluding hydrogens is 386 g/mol. The summed E-state index contributed by atoms with van der Waals surface area (Å²) < 4.78 is 16.9. The lowest BCUT2D eigenvalue weighted by Crippen LogP contribution is -2.02. The number of ketones is 1. The number of nitriles is 1. The normalized spacial score (nSPS) is 11.1. The summed E-state index contributed by atoms with van der Waals surface area (Å²) in [6, 6.07) is 7.01. The molecular formula is C19H18BrNO4. The number of aryl methyl sites for hydroxylation is 1. The Labute approximate surface area is 155 Å². The number of benzene rings is 1. The van der Waals surface area contributed by atoms with Crippen molar-refractivity contribution in [3.63, 3.8) is 0 Å². The number of allylic oxidation sites excluding steroid dienone is 1. The first-order chi connectivity index (χ1) is 12.0. The maximum absolute atomic E-state index is 12.5. The van der Waals surface area contributed by atoms with Crippen LogP contribution in [0.2, 0.25) is 0 Å². The predicted octanol–water partition coefficient (Wildman–Crippen LogP) is 4.94. The Morgan fingerprint density at radius 2 is 2.20 bits per heavy atom. The molecule has 5 nitrogen and oxygen atoms in total. The number of nitrogens with zero attached hydrogens (tertiary/aromatic N) is 1. The fourth-order valence-corrected chi connectivity index (χ4v) is 2.82. The topological polar surface area (TPSA) is 72.5 Å². The van der Waals surface area contributed by atoms with Crippen molar-refractivity contribution in [1.82, 2.24) is 0 Å². The molecule has 1 aromatic carbocycles. The Kier molecular flexibility index (Phi) is 6.43. The molecule has 25 heavy (non-hydrogen) atoms. The molecule has 0 fully saturated rings. The maximum atomic E-state index is 12.5. The van der Waals surface area contributed by atoms with Gasteiger partial charge in [0.05, 0.1) is 30.0 Å². The number of methoxy groups -OCH3 is 1. The van der Waals surface area contributed by atoms with Crippen LogP contribution < -0.4 is 9.47 Å². The molecule has 0 saturated carbocycles. The molecule has 0 saturated heterocycles. The molecule has 1 aromatic heterocycles. The minimum absolute atomic E-state index is 0.0145. The van der Waals surface area contributed by atoms with Crippen LogP contribution in [0.25, 0.3) is 6.08 Å². The van der Waals surface area contributed by atoms with E-state index in [0.717, 1.165) is 6.42 Å². The number of Topliss-reactive ketones (excluding diaryl/α,β-unsaturated/α-hetero) is 1. The van der Waals surface area contributed by atoms with Crippen LogP contribution in [0.15, 0.2) is 38.9 Å². The monoisotopic (exact) mass is 403 g/mol. The van der Waals surface area contributed by atoms with Crippen molar-refractivity contribution in [2.24, 2.45) is 0 Å². The van der Waals surface area contributed by atoms with Crippen molar-refractivity contribution in [2.45, 2.75) is 20.3 Å². The summed E-state index contributed by atoms with van der Waals surface area (Å²) >= 11 is 3.45. The van der Waals surface area contributed by atoms with Gasteiger partial charge >= 0.3 is 0 Å². The first-order valence-electron chi connectivity index (χ1n) is 7.72. The highest BCUT2D eigenvalue weighted by Crippen LogP contribution is 2.37. The molecule has 0 radical (unpaired) electrons. The Morgan fingerprint density at radius 1 is 1.44 bits per heavy atom. The quantitative estimate of drug-likeness (QED) is 0.371. The molecule has 0 unspecified atom stereocenters. The fourth-order valence-electron chi connectivity index (χ4n) is 2.25. The van der Waals surface area contributed by atoms with Crippen LogP contribution in [0, 0.1) is 18.3 Å². The van der Waals surface area contributed by atoms with Crippen LogP contribution in [0.5, 0.6) is 11.5 Å². The number of rotatable bonds is 7. The zero-order valence-corrected chi connectivity index (χ0v) is 15.8. The van der Waals surface area contributed by atoms with E-state index >= 15 is 0 Å². The summed E-state index contributed by atoms with van der Waals surface area (Å²) in [5.41, 5.74) is 1.04. The van der Waals surface area contributed by atoms with Crippen molar-refractivity contribution in [3.05, 3.63) is 51.4 Å². The van der Waals surface area contributed by atoms with Crippen LogP contribution in [0.3, 0.4) is 0 Å². The zero-order valence-electron chi connectivity index (χ0n) is 14.3. The third-order valence-electron chi connectivity index (χ3n) is 3.48. The number of hydrogen-bond donors (Lipinski definition) is 0. The molecule has 0 aliphatic heterocycles. The highest BCUT2D eigenvalue weighted by Gasteiger charge is 2.17. The lowest BCUT2D eigenvalue weighted by Gasteiger charge is -2.13. The molecule has 2 aromatic rings. The Balaban J connectivity index is 2.41. The van der Waals surface area contributed by atoms with Gasteiger partial charge in [-0.25, -0.2) is 0 Å². The van der Waals surface area contributed by atoms with Gasteiger partial charge in [0.15, 0.2) is 11.5 Å². The number of ether oxygens (including phenoxy) is 2. The first-order valence-corrected chi connectivity index (χ1v) is 8.52. The lowest BCUT2D eigenvalue weighted by atomic mass is 10.0. The van der Waals surface area contributed by atoms with Crippen molar-refractivity contribution in [3.8, 4) is 17.6 Å². The Morgan fingerprint density at radius 3 is 2.76 bits per heavy atom. The van der Waals surface area contributed by atoms with E-state index in [4.69, 9.17) is 13.9 Å². The van der Waals surface area contributed by atoms with Crippen molar-refractivity contribution >= 4 is 27.8 Å². The highest BCUT2D eigenvalue weighted by atomic mass is 79.9. The van der Waals surface area contributed by atoms with E-state index in [-0.39, 0.29) is 11.4 Å². The van der Waals surface area contributed by atoms with E-state index in [0.29, 0.717) is 39.5 Å². The van der Waals surface area contributed by atoms with Gasteiger partial charge in [0.25, 0.3) is 0 Å². The molecule has 0 amide bonds. The van der Waals surface area contributed by atoms with Crippen LogP contribution in [-0.2, 0) is 0 Å². The number of halogens is 1. The van der Waals surface area contributed by atoms with Crippen molar-refractivity contribution in [2.75, 3.05) is 13.7 Å². The smallest absolute Gasteiger partial charge is 0.207 e. The van der Waals surface area contributed by atoms with Gasteiger partial charge in [-0.2, -0.15) is 5.26 Å². The molecule has 0 aliphatic rings. The summed E-state index contributed by atoms with van der Waals surface area (Å²) in [7, 11) is 1.54. The molecule has 0 atom stereocenters. The van der Waals surface area contributed by atoms with E-state index in [9.17, 15) is 10.1 Å². The summed E-state index contributed by atoms with van der Waals surface area (Å²) in [5, 5.41) is 9.38. The Bertz CT molecular complexity index is 846. The number of carbonyl (C=O) groups is 1. The van der Waals surface area contributed by atoms with E-state index in [2.05, 4.69) is 15.9 Å². The minimum atomic E-state index is -0.379. The summed E-state index contributed by atoms with van der Waals surface area (Å²) in [4.78, 5) is 12.5. The molecule has 0 bridgehead atoms. The number of hydrogen-bond acceptors (Lipinski definition) is 5. The van der Waals surface area contributed by atoms with Crippen LogP contribution >= 0.6 is 15.9 Å². The fraction of sp³-hybridized carbons (Fsp3) is 0.263. The molecule has 0 aliphatic carbocycles. The molecule has 1 heterocycles. The van der Waals surface area contributed by atoms with Gasteiger partial charge in [0.2, 0.25) is 5.78 Å². The standard InChI is InChI=1S/C19H18BrNO4/c1-4-6-25-19-16(20)9-13(10-17(19)23-3)8-14(11-21)18(22)15-5-7-24-12(15)2/h5,7-10H,4,6H2,1-3H3/b14-8+. The van der Waals surface area contributed by atoms with E-state index < -0.39 is 0 Å². The second kappa shape index (κ2) is 8.54. The van der Waals surface area contributed by atoms with Crippen LogP contribution in [0.1, 0.15) is 35.0 Å². The molecule has 0 N–H and O–H groups in total. The average molecular weight is 404 g/mol. The third kappa shape index (κ3) is 4.31. The van der Waals surface area contributed by atoms with Gasteiger partial charge in [0.1, 0.15) is 17.4 Å². The molecule has 6 heteroatoms. The van der Waals surface area contributed by atoms with Gasteiger partial charge in [0, 0.05) is 0 Å². The zero-order chi connectivity index (χ0) is 18.4. The number of furan rings is 1. The van der Waals surface area contributed by atoms with Gasteiger partial charge < -0.3 is 13.9 Å². The lowest BCUT2D eigenvalue weighted by molar-refractivity contribution is 0.103. The third-order valence-corrected chi connectivity index (χ3v) is 4.07. The van der Waals surface area contributed by atoms with Crippen LogP contribution in [-0.4, -0.2) is 19.5 Å². The second-order valence-electron chi connectivity index (χ2n) is 5.27. The summed E-state index contributed by atoms with van der Waals surface area (Å²) in [5.74, 6) is 1.22. The number of carbonyl (C=O) groups excluding carboxylic acids is 1. The Hall–Kier alpha value is -2.52. The van der Waals surface area contributed by atoms with Gasteiger partial charge in [-0.1, -0.05) is 6.92 Å². The van der Waals surface area contributed by atoms with Crippen LogP contribution in [0.4, 0.5) is 0 Å². The maximum Gasteiger partial charge on any atom is 0.207 e. The summed E-state index contributed by atoms with van der Waals surface area (Å²) in [6.07, 6.45) is 3.82. The highest BCUT2D eigenvalue weighted by molar-refractivity contribution is 9.10. The molecule has 130 valence electrons. The SMILES string of the molecule is CCCOc1c(Br)cc(/C=C(\C#N)C(=O)c2ccoc2C)cc1OC. The molecule has 0 spiro atoms. The average Bonchev–Trinajstić information content (AvgIpc) is 3.03. The van der Waals surface area contributed by atoms with Gasteiger partial charge in [-0.15, -0.1) is 0 Å². The summed E-state index contributed by atoms with van der Waals surface area (Å²) in [6.45, 7) is 4.26. The molecule has 2 rings (SSSR count). The largest absolute Gasteiger partial charge is 0.493 e. The van der Waals surface area contributed by atoms with E-state index in [1.165, 1.54) is 12.3 Å². The first kappa shape index (κ1) is 18.8. The predicted molar refractivity (Wildman–Crippen MR) is 97.8 cm³/mol.